The molecule has 2 N–H and O–H groups in total. The van der Waals surface area contributed by atoms with Gasteiger partial charge in [0.1, 0.15) is 17.4 Å². The lowest BCUT2D eigenvalue weighted by molar-refractivity contribution is -0.111. The van der Waals surface area contributed by atoms with Gasteiger partial charge in [-0.1, -0.05) is 36.4 Å². The molecule has 0 saturated heterocycles. The molecule has 0 aromatic heterocycles. The molecule has 1 aliphatic rings. The summed E-state index contributed by atoms with van der Waals surface area (Å²) >= 11 is 0. The van der Waals surface area contributed by atoms with Crippen LogP contribution in [0.15, 0.2) is 54.6 Å². The van der Waals surface area contributed by atoms with Crippen LogP contribution in [-0.4, -0.2) is 11.0 Å². The highest BCUT2D eigenvalue weighted by atomic mass is 19.1. The molecule has 1 aliphatic carbocycles. The van der Waals surface area contributed by atoms with E-state index in [9.17, 15) is 18.7 Å². The maximum atomic E-state index is 13.8. The average molecular weight is 323 g/mol. The van der Waals surface area contributed by atoms with Gasteiger partial charge in [-0.15, -0.1) is 0 Å². The third kappa shape index (κ3) is 2.06. The predicted octanol–water partition coefficient (Wildman–Crippen LogP) is 4.50. The summed E-state index contributed by atoms with van der Waals surface area (Å²) in [6.07, 6.45) is 0. The van der Waals surface area contributed by atoms with Crippen LogP contribution in [0.1, 0.15) is 11.1 Å². The number of hydrogen-bond donors (Lipinski definition) is 2. The molecule has 5 heteroatoms. The number of hydrogen-bond acceptors (Lipinski definition) is 2. The molecule has 0 atom stereocenters. The van der Waals surface area contributed by atoms with Crippen LogP contribution in [0.5, 0.6) is 0 Å². The lowest BCUT2D eigenvalue weighted by Gasteiger charge is -2.09. The van der Waals surface area contributed by atoms with Crippen molar-refractivity contribution in [2.75, 3.05) is 5.32 Å². The second kappa shape index (κ2) is 5.16. The zero-order chi connectivity index (χ0) is 16.8. The normalized spacial score (nSPS) is 12.8. The van der Waals surface area contributed by atoms with E-state index in [-0.39, 0.29) is 17.0 Å². The minimum absolute atomic E-state index is 0.0746. The Hall–Kier alpha value is -3.21. The number of aliphatic hydroxyl groups excluding tert-OH is 1. The number of anilines is 1. The molecule has 3 aromatic carbocycles. The number of aliphatic hydroxyl groups is 1. The molecule has 0 fully saturated rings. The van der Waals surface area contributed by atoms with Gasteiger partial charge in [-0.25, -0.2) is 8.78 Å². The largest absolute Gasteiger partial charge is 0.506 e. The molecule has 3 nitrogen and oxygen atoms in total. The van der Waals surface area contributed by atoms with E-state index in [0.29, 0.717) is 17.2 Å². The first-order valence-electron chi connectivity index (χ1n) is 7.28. The first-order valence-corrected chi connectivity index (χ1v) is 7.28. The van der Waals surface area contributed by atoms with Crippen LogP contribution in [0.3, 0.4) is 0 Å². The highest BCUT2D eigenvalue weighted by molar-refractivity contribution is 6.36. The number of rotatable bonds is 2. The van der Waals surface area contributed by atoms with Crippen molar-refractivity contribution in [1.82, 2.24) is 0 Å². The van der Waals surface area contributed by atoms with E-state index in [1.54, 1.807) is 24.3 Å². The Bertz CT molecular complexity index is 1040. The van der Waals surface area contributed by atoms with Crippen LogP contribution in [0.2, 0.25) is 0 Å². The van der Waals surface area contributed by atoms with E-state index in [1.807, 2.05) is 12.1 Å². The quantitative estimate of drug-likeness (QED) is 0.730. The molecule has 0 bridgehead atoms. The summed E-state index contributed by atoms with van der Waals surface area (Å²) in [7, 11) is 0. The van der Waals surface area contributed by atoms with E-state index in [2.05, 4.69) is 5.32 Å². The standard InChI is InChI=1S/C19H11F2NO2/c20-11-7-8-15(14(21)9-11)22-19(24)17-12-5-1-3-10-4-2-6-13(16(10)12)18(17)23/h1-9,23H,(H,22,24). The van der Waals surface area contributed by atoms with Gasteiger partial charge in [0.2, 0.25) is 0 Å². The van der Waals surface area contributed by atoms with E-state index in [4.69, 9.17) is 0 Å². The molecule has 118 valence electrons. The van der Waals surface area contributed by atoms with E-state index < -0.39 is 17.5 Å². The third-order valence-corrected chi connectivity index (χ3v) is 4.07. The molecular weight excluding hydrogens is 312 g/mol. The van der Waals surface area contributed by atoms with Crippen molar-refractivity contribution < 1.29 is 18.7 Å². The summed E-state index contributed by atoms with van der Waals surface area (Å²) in [5, 5.41) is 14.5. The molecule has 0 aliphatic heterocycles. The van der Waals surface area contributed by atoms with Crippen molar-refractivity contribution in [1.29, 1.82) is 0 Å². The third-order valence-electron chi connectivity index (χ3n) is 4.07. The monoisotopic (exact) mass is 323 g/mol. The Morgan fingerprint density at radius 1 is 0.958 bits per heavy atom. The zero-order valence-corrected chi connectivity index (χ0v) is 12.3. The summed E-state index contributed by atoms with van der Waals surface area (Å²) in [5.41, 5.74) is 1.07. The van der Waals surface area contributed by atoms with E-state index in [1.165, 1.54) is 0 Å². The van der Waals surface area contributed by atoms with Gasteiger partial charge >= 0.3 is 0 Å². The molecule has 0 unspecified atom stereocenters. The molecule has 0 spiro atoms. The van der Waals surface area contributed by atoms with Crippen molar-refractivity contribution >= 4 is 33.7 Å². The van der Waals surface area contributed by atoms with Crippen molar-refractivity contribution in [2.45, 2.75) is 0 Å². The summed E-state index contributed by atoms with van der Waals surface area (Å²) in [6, 6.07) is 13.7. The molecule has 24 heavy (non-hydrogen) atoms. The molecule has 3 aromatic rings. The second-order valence-electron chi connectivity index (χ2n) is 5.51. The fourth-order valence-electron chi connectivity index (χ4n) is 3.01. The van der Waals surface area contributed by atoms with Gasteiger partial charge in [0.05, 0.1) is 11.3 Å². The van der Waals surface area contributed by atoms with Crippen LogP contribution < -0.4 is 5.32 Å². The number of halogens is 2. The maximum absolute atomic E-state index is 13.8. The maximum Gasteiger partial charge on any atom is 0.260 e. The zero-order valence-electron chi connectivity index (χ0n) is 12.3. The first kappa shape index (κ1) is 14.4. The lowest BCUT2D eigenvalue weighted by Crippen LogP contribution is -2.14. The van der Waals surface area contributed by atoms with Crippen LogP contribution in [-0.2, 0) is 4.79 Å². The average Bonchev–Trinajstić information content (AvgIpc) is 2.85. The first-order chi connectivity index (χ1) is 11.6. The number of carbonyl (C=O) groups excluding carboxylic acids is 1. The van der Waals surface area contributed by atoms with Gasteiger partial charge in [-0.3, -0.25) is 4.79 Å². The predicted molar refractivity (Wildman–Crippen MR) is 88.4 cm³/mol. The van der Waals surface area contributed by atoms with Crippen LogP contribution >= 0.6 is 0 Å². The van der Waals surface area contributed by atoms with E-state index >= 15 is 0 Å². The lowest BCUT2D eigenvalue weighted by atomic mass is 10.0. The molecule has 1 amide bonds. The summed E-state index contributed by atoms with van der Waals surface area (Å²) < 4.78 is 26.7. The minimum atomic E-state index is -0.878. The smallest absolute Gasteiger partial charge is 0.260 e. The van der Waals surface area contributed by atoms with Gasteiger partial charge in [-0.2, -0.15) is 0 Å². The van der Waals surface area contributed by atoms with Crippen molar-refractivity contribution in [3.63, 3.8) is 0 Å². The number of benzene rings is 3. The Morgan fingerprint density at radius 2 is 1.67 bits per heavy atom. The van der Waals surface area contributed by atoms with E-state index in [0.717, 1.165) is 22.9 Å². The highest BCUT2D eigenvalue weighted by Gasteiger charge is 2.28. The number of carbonyl (C=O) groups is 1. The highest BCUT2D eigenvalue weighted by Crippen LogP contribution is 2.41. The molecule has 0 saturated carbocycles. The molecule has 0 heterocycles. The fourth-order valence-corrected chi connectivity index (χ4v) is 3.01. The molecule has 4 rings (SSSR count). The molecule has 0 radical (unpaired) electrons. The van der Waals surface area contributed by atoms with Gasteiger partial charge in [0, 0.05) is 17.0 Å². The second-order valence-corrected chi connectivity index (χ2v) is 5.51. The summed E-state index contributed by atoms with van der Waals surface area (Å²) in [4.78, 5) is 12.6. The summed E-state index contributed by atoms with van der Waals surface area (Å²) in [6.45, 7) is 0. The fraction of sp³-hybridized carbons (Fsp3) is 0. The van der Waals surface area contributed by atoms with Crippen molar-refractivity contribution in [3.05, 3.63) is 77.4 Å². The Labute approximate surface area is 135 Å². The number of nitrogens with one attached hydrogen (secondary N) is 1. The van der Waals surface area contributed by atoms with Crippen molar-refractivity contribution in [2.24, 2.45) is 0 Å². The number of amides is 1. The van der Waals surface area contributed by atoms with Crippen LogP contribution in [0.25, 0.3) is 22.1 Å². The van der Waals surface area contributed by atoms with Gasteiger partial charge in [-0.05, 0) is 23.1 Å². The van der Waals surface area contributed by atoms with Gasteiger partial charge in [0.25, 0.3) is 5.91 Å². The van der Waals surface area contributed by atoms with Crippen LogP contribution in [0, 0.1) is 11.6 Å². The molecular formula is C19H11F2NO2. The minimum Gasteiger partial charge on any atom is -0.506 e. The Morgan fingerprint density at radius 3 is 2.38 bits per heavy atom. The SMILES string of the molecule is O=C(Nc1ccc(F)cc1F)C1=C(O)c2cccc3cccc1c23. The van der Waals surface area contributed by atoms with Crippen molar-refractivity contribution in [3.8, 4) is 0 Å². The van der Waals surface area contributed by atoms with Gasteiger partial charge < -0.3 is 10.4 Å². The van der Waals surface area contributed by atoms with Gasteiger partial charge in [0.15, 0.2) is 0 Å². The van der Waals surface area contributed by atoms with Crippen LogP contribution in [0.4, 0.5) is 14.5 Å². The topological polar surface area (TPSA) is 49.3 Å². The Kier molecular flexibility index (Phi) is 3.09. The summed E-state index contributed by atoms with van der Waals surface area (Å²) in [5.74, 6) is -2.41. The Balaban J connectivity index is 1.78.